The molecule has 0 spiro atoms. The summed E-state index contributed by atoms with van der Waals surface area (Å²) in [5.74, 6) is 1.42. The predicted octanol–water partition coefficient (Wildman–Crippen LogP) is 12.8. The van der Waals surface area contributed by atoms with Gasteiger partial charge in [-0.05, 0) is 87.0 Å². The van der Waals surface area contributed by atoms with Crippen LogP contribution in [0.5, 0.6) is 0 Å². The highest BCUT2D eigenvalue weighted by Gasteiger charge is 2.29. The second kappa shape index (κ2) is 15.7. The quantitative estimate of drug-likeness (QED) is 0.170. The number of hydrogen-bond donors (Lipinski definition) is 0. The highest BCUT2D eigenvalue weighted by atomic mass is 32.2. The molecule has 0 atom stereocenters. The third-order valence-electron chi connectivity index (χ3n) is 11.5. The Balaban J connectivity index is 1.17. The first-order chi connectivity index (χ1) is 31.0. The summed E-state index contributed by atoms with van der Waals surface area (Å²) in [4.78, 5) is 24.6. The normalized spacial score (nSPS) is 12.4. The highest BCUT2D eigenvalue weighted by molar-refractivity contribution is 7.91. The molecular weight excluding hydrogens is 795 g/mol. The van der Waals surface area contributed by atoms with Crippen LogP contribution in [0.25, 0.3) is 101 Å². The average Bonchev–Trinajstić information content (AvgIpc) is 3.37. The van der Waals surface area contributed by atoms with Crippen molar-refractivity contribution in [3.05, 3.63) is 213 Å². The number of nitrogens with zero attached hydrogens (tertiary/aromatic N) is 5. The van der Waals surface area contributed by atoms with Gasteiger partial charge in [-0.25, -0.2) is 23.4 Å². The van der Waals surface area contributed by atoms with E-state index in [2.05, 4.69) is 46.4 Å². The molecule has 0 N–H and O–H groups in total. The minimum atomic E-state index is -4.06. The first-order valence-electron chi connectivity index (χ1n) is 20.5. The van der Waals surface area contributed by atoms with E-state index >= 15 is 8.42 Å². The number of fused-ring (bicyclic) bond motifs is 9. The first kappa shape index (κ1) is 37.8. The Morgan fingerprint density at radius 2 is 0.651 bits per heavy atom. The van der Waals surface area contributed by atoms with Crippen LogP contribution in [-0.2, 0) is 9.84 Å². The summed E-state index contributed by atoms with van der Waals surface area (Å²) in [5.41, 5.74) is 12.8. The SMILES string of the molecule is O=S1(=O)c2ccccc2-c2ccccc2-c2ccccc2-c2ccc(-c3nc(-c4cccc(-c5cccnc5)c4)nc(-c4cccc(-c5cccnc5)c4)n3)cc2-c2ccccc21. The van der Waals surface area contributed by atoms with Crippen LogP contribution in [0, 0.1) is 0 Å². The monoisotopic (exact) mass is 829 g/mol. The van der Waals surface area contributed by atoms with Crippen LogP contribution in [0.15, 0.2) is 223 Å². The number of benzene rings is 7. The topological polar surface area (TPSA) is 98.6 Å². The van der Waals surface area contributed by atoms with Gasteiger partial charge in [0.05, 0.1) is 9.79 Å². The molecule has 0 fully saturated rings. The van der Waals surface area contributed by atoms with Gasteiger partial charge < -0.3 is 0 Å². The number of rotatable bonds is 5. The van der Waals surface area contributed by atoms with E-state index in [0.29, 0.717) is 34.2 Å². The van der Waals surface area contributed by atoms with Crippen molar-refractivity contribution in [1.29, 1.82) is 0 Å². The van der Waals surface area contributed by atoms with Crippen molar-refractivity contribution in [2.45, 2.75) is 9.79 Å². The molecule has 1 aliphatic rings. The van der Waals surface area contributed by atoms with Gasteiger partial charge in [0, 0.05) is 63.7 Å². The fourth-order valence-electron chi connectivity index (χ4n) is 8.52. The summed E-state index contributed by atoms with van der Waals surface area (Å²) in [5, 5.41) is 0. The van der Waals surface area contributed by atoms with Crippen LogP contribution >= 0.6 is 0 Å². The lowest BCUT2D eigenvalue weighted by Crippen LogP contribution is -2.06. The average molecular weight is 830 g/mol. The van der Waals surface area contributed by atoms with E-state index in [-0.39, 0.29) is 9.79 Å². The molecule has 8 heteroatoms. The van der Waals surface area contributed by atoms with Crippen LogP contribution in [0.2, 0.25) is 0 Å². The Hall–Kier alpha value is -8.20. The molecule has 0 radical (unpaired) electrons. The highest BCUT2D eigenvalue weighted by Crippen LogP contribution is 2.47. The third-order valence-corrected chi connectivity index (χ3v) is 13.4. The summed E-state index contributed by atoms with van der Waals surface area (Å²) >= 11 is 0. The number of hydrogen-bond acceptors (Lipinski definition) is 7. The third kappa shape index (κ3) is 6.89. The molecule has 298 valence electrons. The molecule has 0 bridgehead atoms. The van der Waals surface area contributed by atoms with Gasteiger partial charge in [0.2, 0.25) is 9.84 Å². The van der Waals surface area contributed by atoms with Crippen LogP contribution in [0.4, 0.5) is 0 Å². The van der Waals surface area contributed by atoms with Gasteiger partial charge in [-0.3, -0.25) is 9.97 Å². The zero-order chi connectivity index (χ0) is 42.3. The Labute approximate surface area is 365 Å². The van der Waals surface area contributed by atoms with Crippen molar-refractivity contribution in [3.8, 4) is 101 Å². The van der Waals surface area contributed by atoms with E-state index in [4.69, 9.17) is 15.0 Å². The molecule has 3 aromatic heterocycles. The fraction of sp³-hybridized carbons (Fsp3) is 0. The second-order valence-electron chi connectivity index (χ2n) is 15.3. The van der Waals surface area contributed by atoms with Crippen molar-refractivity contribution >= 4 is 9.84 Å². The molecule has 11 rings (SSSR count). The molecule has 0 unspecified atom stereocenters. The zero-order valence-electron chi connectivity index (χ0n) is 33.7. The molecule has 0 aliphatic carbocycles. The second-order valence-corrected chi connectivity index (χ2v) is 17.2. The van der Waals surface area contributed by atoms with Crippen molar-refractivity contribution in [2.24, 2.45) is 0 Å². The Morgan fingerprint density at radius 1 is 0.286 bits per heavy atom. The Kier molecular flexibility index (Phi) is 9.40. The zero-order valence-corrected chi connectivity index (χ0v) is 34.5. The maximum Gasteiger partial charge on any atom is 0.207 e. The molecule has 7 aromatic carbocycles. The molecule has 7 nitrogen and oxygen atoms in total. The number of sulfone groups is 1. The van der Waals surface area contributed by atoms with Gasteiger partial charge in [-0.2, -0.15) is 0 Å². The summed E-state index contributed by atoms with van der Waals surface area (Å²) < 4.78 is 30.2. The predicted molar refractivity (Wildman–Crippen MR) is 250 cm³/mol. The van der Waals surface area contributed by atoms with E-state index in [1.54, 1.807) is 36.7 Å². The number of pyridine rings is 2. The van der Waals surface area contributed by atoms with Crippen molar-refractivity contribution in [2.75, 3.05) is 0 Å². The lowest BCUT2D eigenvalue weighted by molar-refractivity contribution is 0.596. The van der Waals surface area contributed by atoms with Gasteiger partial charge in [-0.15, -0.1) is 0 Å². The van der Waals surface area contributed by atoms with E-state index < -0.39 is 9.84 Å². The van der Waals surface area contributed by atoms with Crippen molar-refractivity contribution in [3.63, 3.8) is 0 Å². The summed E-state index contributed by atoms with van der Waals surface area (Å²) in [6.45, 7) is 0. The smallest absolute Gasteiger partial charge is 0.207 e. The molecule has 0 amide bonds. The maximum absolute atomic E-state index is 15.1. The molecule has 4 heterocycles. The largest absolute Gasteiger partial charge is 0.264 e. The Bertz CT molecular complexity index is 3380. The van der Waals surface area contributed by atoms with Crippen LogP contribution in [0.1, 0.15) is 0 Å². The minimum Gasteiger partial charge on any atom is -0.264 e. The van der Waals surface area contributed by atoms with Crippen LogP contribution < -0.4 is 0 Å². The van der Waals surface area contributed by atoms with Crippen molar-refractivity contribution in [1.82, 2.24) is 24.9 Å². The molecule has 0 saturated heterocycles. The summed E-state index contributed by atoms with van der Waals surface area (Å²) in [6.07, 6.45) is 7.19. The van der Waals surface area contributed by atoms with Crippen LogP contribution in [0.3, 0.4) is 0 Å². The Morgan fingerprint density at radius 3 is 1.11 bits per heavy atom. The lowest BCUT2D eigenvalue weighted by Gasteiger charge is -2.18. The number of aromatic nitrogens is 5. The summed E-state index contributed by atoms with van der Waals surface area (Å²) in [6, 6.07) is 61.1. The molecule has 0 saturated carbocycles. The van der Waals surface area contributed by atoms with Gasteiger partial charge in [0.15, 0.2) is 17.5 Å². The van der Waals surface area contributed by atoms with E-state index in [1.165, 1.54) is 0 Å². The fourth-order valence-corrected chi connectivity index (χ4v) is 10.2. The first-order valence-corrected chi connectivity index (χ1v) is 22.0. The van der Waals surface area contributed by atoms with Gasteiger partial charge >= 0.3 is 0 Å². The molecule has 63 heavy (non-hydrogen) atoms. The van der Waals surface area contributed by atoms with Gasteiger partial charge in [-0.1, -0.05) is 146 Å². The lowest BCUT2D eigenvalue weighted by atomic mass is 9.86. The van der Waals surface area contributed by atoms with Crippen molar-refractivity contribution < 1.29 is 8.42 Å². The standard InChI is InChI=1S/C55H35N5O2S/c61-63(62)51-25-7-5-23-48(51)46-22-4-3-20-44(46)43-19-1-2-21-45(43)47-28-27-40(33-50(47)49-24-6-8-26-52(49)63)55-59-53(38-15-9-13-36(31-38)41-17-11-29-56-34-41)58-54(60-55)39-16-10-14-37(32-39)42-18-12-30-57-35-42/h1-35H. The molecule has 10 aromatic rings. The van der Waals surface area contributed by atoms with Gasteiger partial charge in [0.25, 0.3) is 0 Å². The van der Waals surface area contributed by atoms with E-state index in [9.17, 15) is 0 Å². The van der Waals surface area contributed by atoms with Crippen LogP contribution in [-0.4, -0.2) is 33.3 Å². The molecular formula is C55H35N5O2S. The van der Waals surface area contributed by atoms with E-state index in [0.717, 1.165) is 66.8 Å². The summed E-state index contributed by atoms with van der Waals surface area (Å²) in [7, 11) is -4.06. The van der Waals surface area contributed by atoms with E-state index in [1.807, 2.05) is 140 Å². The molecule has 1 aliphatic heterocycles. The minimum absolute atomic E-state index is 0.212. The van der Waals surface area contributed by atoms with Gasteiger partial charge in [0.1, 0.15) is 0 Å². The maximum atomic E-state index is 15.1.